The highest BCUT2D eigenvalue weighted by atomic mass is 14.2. The van der Waals surface area contributed by atoms with Crippen molar-refractivity contribution in [2.24, 2.45) is 17.8 Å². The second-order valence-corrected chi connectivity index (χ2v) is 5.58. The zero-order valence-corrected chi connectivity index (χ0v) is 10.8. The first-order valence-corrected chi connectivity index (χ1v) is 6.87. The summed E-state index contributed by atoms with van der Waals surface area (Å²) >= 11 is 0. The van der Waals surface area contributed by atoms with E-state index in [-0.39, 0.29) is 0 Å². The van der Waals surface area contributed by atoms with Gasteiger partial charge >= 0.3 is 0 Å². The highest BCUT2D eigenvalue weighted by Gasteiger charge is 2.19. The Balaban J connectivity index is 2.14. The Morgan fingerprint density at radius 2 is 1.80 bits per heavy atom. The molecule has 0 nitrogen and oxygen atoms in total. The summed E-state index contributed by atoms with van der Waals surface area (Å²) in [7, 11) is 0. The summed E-state index contributed by atoms with van der Waals surface area (Å²) in [5.74, 6) is 2.92. The third kappa shape index (κ3) is 5.39. The van der Waals surface area contributed by atoms with E-state index in [9.17, 15) is 0 Å². The smallest absolute Gasteiger partial charge is 0.0325 e. The van der Waals surface area contributed by atoms with Crippen LogP contribution >= 0.6 is 0 Å². The van der Waals surface area contributed by atoms with E-state index in [4.69, 9.17) is 0 Å². The van der Waals surface area contributed by atoms with Gasteiger partial charge in [0.05, 0.1) is 0 Å². The Hall–Kier alpha value is -0.260. The molecule has 0 aromatic rings. The molecule has 0 aromatic carbocycles. The molecule has 88 valence electrons. The molecular weight excluding hydrogens is 180 g/mol. The average molecular weight is 208 g/mol. The largest absolute Gasteiger partial charge is 0.0888 e. The van der Waals surface area contributed by atoms with Crippen LogP contribution in [0.25, 0.3) is 0 Å². The van der Waals surface area contributed by atoms with Crippen LogP contribution in [0.15, 0.2) is 12.2 Å². The highest BCUT2D eigenvalue weighted by Crippen LogP contribution is 2.32. The monoisotopic (exact) mass is 208 g/mol. The van der Waals surface area contributed by atoms with Gasteiger partial charge in [-0.15, -0.1) is 0 Å². The van der Waals surface area contributed by atoms with Gasteiger partial charge in [0.2, 0.25) is 0 Å². The van der Waals surface area contributed by atoms with Crippen LogP contribution in [-0.4, -0.2) is 0 Å². The molecule has 0 aromatic heterocycles. The first-order valence-electron chi connectivity index (χ1n) is 6.87. The molecule has 1 rings (SSSR count). The lowest BCUT2D eigenvalue weighted by Gasteiger charge is -2.27. The van der Waals surface area contributed by atoms with E-state index in [1.165, 1.54) is 44.9 Å². The Labute approximate surface area is 96.2 Å². The van der Waals surface area contributed by atoms with Gasteiger partial charge in [-0.3, -0.25) is 0 Å². The summed E-state index contributed by atoms with van der Waals surface area (Å²) in [5.41, 5.74) is 0. The molecule has 1 unspecified atom stereocenters. The molecule has 0 aliphatic heterocycles. The van der Waals surface area contributed by atoms with Gasteiger partial charge in [-0.05, 0) is 37.0 Å². The fourth-order valence-corrected chi connectivity index (χ4v) is 2.73. The third-order valence-corrected chi connectivity index (χ3v) is 3.81. The Bertz CT molecular complexity index is 172. The number of rotatable bonds is 5. The standard InChI is InChI=1S/C15H28/c1-4-5-6-7-14(3)12-15-10-8-13(2)9-11-15/h5-6,13-15H,4,7-12H2,1-3H3. The molecular formula is C15H28. The Kier molecular flexibility index (Phi) is 6.05. The minimum atomic E-state index is 0.895. The van der Waals surface area contributed by atoms with Crippen LogP contribution in [0.5, 0.6) is 0 Å². The van der Waals surface area contributed by atoms with Gasteiger partial charge in [-0.25, -0.2) is 0 Å². The lowest BCUT2D eigenvalue weighted by molar-refractivity contribution is 0.251. The molecule has 1 fully saturated rings. The summed E-state index contributed by atoms with van der Waals surface area (Å²) in [6.45, 7) is 7.03. The summed E-state index contributed by atoms with van der Waals surface area (Å²) in [4.78, 5) is 0. The Morgan fingerprint density at radius 3 is 2.40 bits per heavy atom. The maximum absolute atomic E-state index is 2.41. The van der Waals surface area contributed by atoms with Crippen molar-refractivity contribution in [1.29, 1.82) is 0 Å². The molecule has 0 N–H and O–H groups in total. The molecule has 0 saturated heterocycles. The predicted molar refractivity (Wildman–Crippen MR) is 69.0 cm³/mol. The molecule has 0 bridgehead atoms. The minimum Gasteiger partial charge on any atom is -0.0888 e. The van der Waals surface area contributed by atoms with Gasteiger partial charge in [-0.2, -0.15) is 0 Å². The molecule has 0 heteroatoms. The van der Waals surface area contributed by atoms with Gasteiger partial charge in [0.1, 0.15) is 0 Å². The molecule has 0 amide bonds. The molecule has 15 heavy (non-hydrogen) atoms. The van der Waals surface area contributed by atoms with Crippen molar-refractivity contribution < 1.29 is 0 Å². The molecule has 0 radical (unpaired) electrons. The minimum absolute atomic E-state index is 0.895. The normalized spacial score (nSPS) is 29.5. The summed E-state index contributed by atoms with van der Waals surface area (Å²) in [6.07, 6.45) is 14.5. The second kappa shape index (κ2) is 7.09. The quantitative estimate of drug-likeness (QED) is 0.545. The number of hydrogen-bond acceptors (Lipinski definition) is 0. The van der Waals surface area contributed by atoms with Gasteiger partial charge in [0.15, 0.2) is 0 Å². The van der Waals surface area contributed by atoms with E-state index in [0.717, 1.165) is 17.8 Å². The van der Waals surface area contributed by atoms with E-state index in [1.54, 1.807) is 0 Å². The van der Waals surface area contributed by atoms with E-state index in [0.29, 0.717) is 0 Å². The Morgan fingerprint density at radius 1 is 1.13 bits per heavy atom. The van der Waals surface area contributed by atoms with Crippen molar-refractivity contribution in [1.82, 2.24) is 0 Å². The van der Waals surface area contributed by atoms with Crippen LogP contribution in [0, 0.1) is 17.8 Å². The van der Waals surface area contributed by atoms with Gasteiger partial charge in [0, 0.05) is 0 Å². The van der Waals surface area contributed by atoms with Crippen LogP contribution in [0.4, 0.5) is 0 Å². The van der Waals surface area contributed by atoms with Crippen molar-refractivity contribution in [2.45, 2.75) is 65.7 Å². The van der Waals surface area contributed by atoms with Crippen molar-refractivity contribution in [2.75, 3.05) is 0 Å². The summed E-state index contributed by atoms with van der Waals surface area (Å²) in [6, 6.07) is 0. The first-order chi connectivity index (χ1) is 7.22. The summed E-state index contributed by atoms with van der Waals surface area (Å²) < 4.78 is 0. The van der Waals surface area contributed by atoms with E-state index in [1.807, 2.05) is 0 Å². The molecule has 1 atom stereocenters. The van der Waals surface area contributed by atoms with E-state index in [2.05, 4.69) is 32.9 Å². The van der Waals surface area contributed by atoms with Crippen molar-refractivity contribution in [3.63, 3.8) is 0 Å². The molecule has 0 heterocycles. The van der Waals surface area contributed by atoms with Crippen LogP contribution in [0.3, 0.4) is 0 Å². The van der Waals surface area contributed by atoms with Crippen molar-refractivity contribution in [3.8, 4) is 0 Å². The highest BCUT2D eigenvalue weighted by molar-refractivity contribution is 4.83. The van der Waals surface area contributed by atoms with Crippen LogP contribution in [-0.2, 0) is 0 Å². The molecule has 1 saturated carbocycles. The van der Waals surface area contributed by atoms with Crippen LogP contribution in [0.1, 0.15) is 65.7 Å². The fraction of sp³-hybridized carbons (Fsp3) is 0.867. The third-order valence-electron chi connectivity index (χ3n) is 3.81. The van der Waals surface area contributed by atoms with Gasteiger partial charge in [-0.1, -0.05) is 58.6 Å². The van der Waals surface area contributed by atoms with E-state index >= 15 is 0 Å². The SMILES string of the molecule is CCC=CCC(C)CC1CCC(C)CC1. The number of allylic oxidation sites excluding steroid dienone is 2. The van der Waals surface area contributed by atoms with Crippen LogP contribution in [0.2, 0.25) is 0 Å². The zero-order chi connectivity index (χ0) is 11.1. The van der Waals surface area contributed by atoms with Gasteiger partial charge in [0.25, 0.3) is 0 Å². The van der Waals surface area contributed by atoms with E-state index < -0.39 is 0 Å². The maximum atomic E-state index is 2.41. The predicted octanol–water partition coefficient (Wildman–Crippen LogP) is 5.20. The van der Waals surface area contributed by atoms with Gasteiger partial charge < -0.3 is 0 Å². The van der Waals surface area contributed by atoms with Crippen molar-refractivity contribution in [3.05, 3.63) is 12.2 Å². The first kappa shape index (κ1) is 12.8. The zero-order valence-electron chi connectivity index (χ0n) is 10.8. The van der Waals surface area contributed by atoms with Crippen LogP contribution < -0.4 is 0 Å². The second-order valence-electron chi connectivity index (χ2n) is 5.58. The maximum Gasteiger partial charge on any atom is -0.0325 e. The topological polar surface area (TPSA) is 0 Å². The molecule has 0 spiro atoms. The number of hydrogen-bond donors (Lipinski definition) is 0. The molecule has 1 aliphatic rings. The summed E-state index contributed by atoms with van der Waals surface area (Å²) in [5, 5.41) is 0. The lowest BCUT2D eigenvalue weighted by atomic mass is 9.78. The average Bonchev–Trinajstić information content (AvgIpc) is 2.22. The lowest BCUT2D eigenvalue weighted by Crippen LogP contribution is -2.14. The fourth-order valence-electron chi connectivity index (χ4n) is 2.73. The van der Waals surface area contributed by atoms with Crippen molar-refractivity contribution >= 4 is 0 Å². The molecule has 1 aliphatic carbocycles.